The lowest BCUT2D eigenvalue weighted by Crippen LogP contribution is -2.27. The number of nitrogens with one attached hydrogen (secondary N) is 1. The van der Waals surface area contributed by atoms with Gasteiger partial charge < -0.3 is 9.47 Å². The minimum Gasteiger partial charge on any atom is -0.465 e. The van der Waals surface area contributed by atoms with Crippen LogP contribution in [0.25, 0.3) is 0 Å². The van der Waals surface area contributed by atoms with E-state index in [1.807, 2.05) is 0 Å². The molecule has 0 radical (unpaired) electrons. The summed E-state index contributed by atoms with van der Waals surface area (Å²) in [5.41, 5.74) is 0.651. The number of esters is 1. The number of carbonyl (C=O) groups excluding carboxylic acids is 3. The monoisotopic (exact) mass is 293 g/mol. The van der Waals surface area contributed by atoms with Crippen LogP contribution in [-0.2, 0) is 9.47 Å². The van der Waals surface area contributed by atoms with Crippen LogP contribution in [0.3, 0.4) is 0 Å². The van der Waals surface area contributed by atoms with Crippen molar-refractivity contribution in [3.8, 4) is 0 Å². The van der Waals surface area contributed by atoms with E-state index in [0.717, 1.165) is 0 Å². The molecule has 0 aliphatic carbocycles. The molecule has 0 saturated carbocycles. The van der Waals surface area contributed by atoms with E-state index in [1.165, 1.54) is 19.2 Å². The van der Waals surface area contributed by atoms with Crippen molar-refractivity contribution >= 4 is 24.0 Å². The number of anilines is 1. The number of methoxy groups -OCH3 is 1. The summed E-state index contributed by atoms with van der Waals surface area (Å²) in [6.45, 7) is 6.86. The predicted octanol–water partition coefficient (Wildman–Crippen LogP) is 2.94. The highest BCUT2D eigenvalue weighted by Gasteiger charge is 2.19. The lowest BCUT2D eigenvalue weighted by atomic mass is 10.0. The van der Waals surface area contributed by atoms with Gasteiger partial charge in [-0.3, -0.25) is 10.1 Å². The summed E-state index contributed by atoms with van der Waals surface area (Å²) in [5, 5.41) is 2.53. The molecular formula is C15H19NO5. The molecule has 0 heterocycles. The maximum Gasteiger partial charge on any atom is 0.412 e. The van der Waals surface area contributed by atoms with Crippen molar-refractivity contribution in [1.82, 2.24) is 0 Å². The number of ether oxygens (including phenoxy) is 2. The third-order valence-corrected chi connectivity index (χ3v) is 2.61. The van der Waals surface area contributed by atoms with Gasteiger partial charge in [0.15, 0.2) is 0 Å². The van der Waals surface area contributed by atoms with Crippen LogP contribution in [-0.4, -0.2) is 31.1 Å². The number of aldehydes is 1. The Kier molecular flexibility index (Phi) is 5.07. The fraction of sp³-hybridized carbons (Fsp3) is 0.400. The van der Waals surface area contributed by atoms with Crippen LogP contribution >= 0.6 is 0 Å². The zero-order valence-electron chi connectivity index (χ0n) is 12.8. The number of hydrogen-bond donors (Lipinski definition) is 1. The summed E-state index contributed by atoms with van der Waals surface area (Å²) in [5.74, 6) is -0.580. The molecule has 6 nitrogen and oxygen atoms in total. The van der Waals surface area contributed by atoms with Crippen LogP contribution in [0.5, 0.6) is 0 Å². The Balaban J connectivity index is 3.14. The highest BCUT2D eigenvalue weighted by atomic mass is 16.6. The third kappa shape index (κ3) is 4.59. The van der Waals surface area contributed by atoms with E-state index in [1.54, 1.807) is 27.7 Å². The van der Waals surface area contributed by atoms with Gasteiger partial charge in [0, 0.05) is 11.3 Å². The minimum absolute atomic E-state index is 0.216. The zero-order valence-corrected chi connectivity index (χ0v) is 12.8. The molecule has 0 aliphatic rings. The van der Waals surface area contributed by atoms with Gasteiger partial charge in [0.25, 0.3) is 0 Å². The number of rotatable bonds is 3. The first-order chi connectivity index (χ1) is 9.67. The standard InChI is InChI=1S/C15H19NO5/c1-9-11(13(18)20-5)6-10(8-17)7-12(9)16-14(19)21-15(2,3)4/h6-8H,1-5H3,(H,16,19). The van der Waals surface area contributed by atoms with Crippen molar-refractivity contribution in [2.24, 2.45) is 0 Å². The van der Waals surface area contributed by atoms with Crippen LogP contribution in [0.4, 0.5) is 10.5 Å². The SMILES string of the molecule is COC(=O)c1cc(C=O)cc(NC(=O)OC(C)(C)C)c1C. The van der Waals surface area contributed by atoms with Crippen molar-refractivity contribution in [3.05, 3.63) is 28.8 Å². The number of hydrogen-bond acceptors (Lipinski definition) is 5. The van der Waals surface area contributed by atoms with Crippen LogP contribution in [0.1, 0.15) is 47.1 Å². The molecule has 114 valence electrons. The first kappa shape index (κ1) is 16.7. The Labute approximate surface area is 123 Å². The highest BCUT2D eigenvalue weighted by Crippen LogP contribution is 2.23. The maximum absolute atomic E-state index is 11.8. The molecule has 1 amide bonds. The van der Waals surface area contributed by atoms with Gasteiger partial charge in [0.1, 0.15) is 11.9 Å². The second kappa shape index (κ2) is 6.39. The molecule has 0 unspecified atom stereocenters. The molecule has 6 heteroatoms. The number of benzene rings is 1. The molecular weight excluding hydrogens is 274 g/mol. The van der Waals surface area contributed by atoms with E-state index in [2.05, 4.69) is 10.1 Å². The second-order valence-corrected chi connectivity index (χ2v) is 5.48. The van der Waals surface area contributed by atoms with Crippen molar-refractivity contribution in [2.75, 3.05) is 12.4 Å². The average Bonchev–Trinajstić information content (AvgIpc) is 2.38. The van der Waals surface area contributed by atoms with E-state index in [0.29, 0.717) is 17.5 Å². The predicted molar refractivity (Wildman–Crippen MR) is 77.8 cm³/mol. The first-order valence-electron chi connectivity index (χ1n) is 6.36. The fourth-order valence-electron chi connectivity index (χ4n) is 1.67. The minimum atomic E-state index is -0.663. The Bertz CT molecular complexity index is 572. The van der Waals surface area contributed by atoms with Gasteiger partial charge in [-0.2, -0.15) is 0 Å². The average molecular weight is 293 g/mol. The molecule has 0 bridgehead atoms. The van der Waals surface area contributed by atoms with E-state index in [-0.39, 0.29) is 11.1 Å². The van der Waals surface area contributed by atoms with Gasteiger partial charge in [-0.1, -0.05) is 0 Å². The smallest absolute Gasteiger partial charge is 0.412 e. The van der Waals surface area contributed by atoms with Gasteiger partial charge in [0.2, 0.25) is 0 Å². The zero-order chi connectivity index (χ0) is 16.2. The number of carbonyl (C=O) groups is 3. The lowest BCUT2D eigenvalue weighted by Gasteiger charge is -2.20. The van der Waals surface area contributed by atoms with Gasteiger partial charge in [-0.15, -0.1) is 0 Å². The van der Waals surface area contributed by atoms with Crippen molar-refractivity contribution in [1.29, 1.82) is 0 Å². The van der Waals surface area contributed by atoms with Gasteiger partial charge in [-0.05, 0) is 45.4 Å². The number of amides is 1. The molecule has 21 heavy (non-hydrogen) atoms. The highest BCUT2D eigenvalue weighted by molar-refractivity contribution is 5.97. The molecule has 0 aliphatic heterocycles. The van der Waals surface area contributed by atoms with Gasteiger partial charge in [0.05, 0.1) is 12.7 Å². The van der Waals surface area contributed by atoms with Gasteiger partial charge in [-0.25, -0.2) is 9.59 Å². The van der Waals surface area contributed by atoms with Crippen molar-refractivity contribution in [2.45, 2.75) is 33.3 Å². The van der Waals surface area contributed by atoms with E-state index in [4.69, 9.17) is 4.74 Å². The summed E-state index contributed by atoms with van der Waals surface area (Å²) in [6, 6.07) is 2.88. The van der Waals surface area contributed by atoms with E-state index in [9.17, 15) is 14.4 Å². The van der Waals surface area contributed by atoms with E-state index < -0.39 is 17.7 Å². The molecule has 0 aromatic heterocycles. The summed E-state index contributed by atoms with van der Waals surface area (Å²) >= 11 is 0. The molecule has 1 rings (SSSR count). The van der Waals surface area contributed by atoms with Crippen molar-refractivity contribution in [3.63, 3.8) is 0 Å². The fourth-order valence-corrected chi connectivity index (χ4v) is 1.67. The summed E-state index contributed by atoms with van der Waals surface area (Å²) < 4.78 is 9.80. The van der Waals surface area contributed by atoms with Gasteiger partial charge >= 0.3 is 12.1 Å². The lowest BCUT2D eigenvalue weighted by molar-refractivity contribution is 0.0595. The molecule has 0 saturated heterocycles. The topological polar surface area (TPSA) is 81.7 Å². The largest absolute Gasteiger partial charge is 0.465 e. The Morgan fingerprint density at radius 3 is 2.33 bits per heavy atom. The molecule has 0 fully saturated rings. The second-order valence-electron chi connectivity index (χ2n) is 5.48. The van der Waals surface area contributed by atoms with E-state index >= 15 is 0 Å². The Morgan fingerprint density at radius 1 is 1.24 bits per heavy atom. The van der Waals surface area contributed by atoms with Crippen LogP contribution < -0.4 is 5.32 Å². The van der Waals surface area contributed by atoms with Crippen LogP contribution in [0, 0.1) is 6.92 Å². The maximum atomic E-state index is 11.8. The normalized spacial score (nSPS) is 10.7. The molecule has 1 N–H and O–H groups in total. The Morgan fingerprint density at radius 2 is 1.86 bits per heavy atom. The van der Waals surface area contributed by atoms with Crippen LogP contribution in [0.2, 0.25) is 0 Å². The van der Waals surface area contributed by atoms with Crippen LogP contribution in [0.15, 0.2) is 12.1 Å². The first-order valence-corrected chi connectivity index (χ1v) is 6.36. The summed E-state index contributed by atoms with van der Waals surface area (Å²) in [6.07, 6.45) is -0.0731. The molecule has 0 spiro atoms. The molecule has 0 atom stereocenters. The summed E-state index contributed by atoms with van der Waals surface area (Å²) in [7, 11) is 1.25. The third-order valence-electron chi connectivity index (χ3n) is 2.61. The quantitative estimate of drug-likeness (QED) is 0.684. The van der Waals surface area contributed by atoms with Crippen molar-refractivity contribution < 1.29 is 23.9 Å². The molecule has 1 aromatic rings. The Hall–Kier alpha value is -2.37. The molecule has 1 aromatic carbocycles. The summed E-state index contributed by atoms with van der Waals surface area (Å²) in [4.78, 5) is 34.4.